The van der Waals surface area contributed by atoms with Crippen molar-refractivity contribution in [2.75, 3.05) is 17.6 Å². The number of sulfonamides is 1. The van der Waals surface area contributed by atoms with Crippen LogP contribution in [-0.2, 0) is 19.6 Å². The second-order valence-corrected chi connectivity index (χ2v) is 5.59. The van der Waals surface area contributed by atoms with Crippen LogP contribution in [0.5, 0.6) is 0 Å². The zero-order chi connectivity index (χ0) is 15.3. The Morgan fingerprint density at radius 1 is 1.40 bits per heavy atom. The molecule has 9 heteroatoms. The number of carboxylic acids is 1. The van der Waals surface area contributed by atoms with Crippen molar-refractivity contribution < 1.29 is 32.2 Å². The summed E-state index contributed by atoms with van der Waals surface area (Å²) in [5, 5.41) is 8.43. The third-order valence-corrected chi connectivity index (χ3v) is 3.52. The molecule has 0 saturated heterocycles. The highest BCUT2D eigenvalue weighted by atomic mass is 32.2. The van der Waals surface area contributed by atoms with E-state index in [1.165, 1.54) is 0 Å². The molecular formula is C11H12FNO6S. The van der Waals surface area contributed by atoms with Gasteiger partial charge in [0.25, 0.3) is 0 Å². The number of carbonyl (C=O) groups excluding carboxylic acids is 1. The van der Waals surface area contributed by atoms with Crippen LogP contribution in [0.2, 0.25) is 0 Å². The van der Waals surface area contributed by atoms with Crippen LogP contribution in [0, 0.1) is 5.82 Å². The van der Waals surface area contributed by atoms with Crippen molar-refractivity contribution in [3.63, 3.8) is 0 Å². The molecule has 1 aromatic carbocycles. The number of aliphatic carboxylic acids is 1. The standard InChI is InChI=1S/C11H12FNO6S/c1-19-11(16)8-6-7(2-3-9(8)12)13-20(17,18)5-4-10(14)15/h2-3,6,13H,4-5H2,1H3,(H,14,15). The van der Waals surface area contributed by atoms with Crippen LogP contribution in [0.3, 0.4) is 0 Å². The molecule has 0 spiro atoms. The fourth-order valence-corrected chi connectivity index (χ4v) is 2.34. The van der Waals surface area contributed by atoms with E-state index in [0.29, 0.717) is 0 Å². The van der Waals surface area contributed by atoms with E-state index in [-0.39, 0.29) is 5.69 Å². The van der Waals surface area contributed by atoms with Crippen molar-refractivity contribution in [2.24, 2.45) is 0 Å². The minimum atomic E-state index is -3.90. The number of hydrogen-bond acceptors (Lipinski definition) is 5. The summed E-state index contributed by atoms with van der Waals surface area (Å²) >= 11 is 0. The molecule has 0 aliphatic heterocycles. The van der Waals surface area contributed by atoms with Crippen LogP contribution >= 0.6 is 0 Å². The van der Waals surface area contributed by atoms with Gasteiger partial charge in [0, 0.05) is 5.69 Å². The molecule has 0 bridgehead atoms. The Labute approximate surface area is 114 Å². The summed E-state index contributed by atoms with van der Waals surface area (Å²) in [7, 11) is -2.84. The van der Waals surface area contributed by atoms with Crippen LogP contribution in [0.15, 0.2) is 18.2 Å². The minimum Gasteiger partial charge on any atom is -0.481 e. The molecule has 0 amide bonds. The third kappa shape index (κ3) is 4.50. The van der Waals surface area contributed by atoms with Gasteiger partial charge >= 0.3 is 11.9 Å². The molecular weight excluding hydrogens is 293 g/mol. The van der Waals surface area contributed by atoms with E-state index < -0.39 is 45.5 Å². The first-order valence-corrected chi connectivity index (χ1v) is 7.00. The zero-order valence-corrected chi connectivity index (χ0v) is 11.2. The molecule has 0 radical (unpaired) electrons. The van der Waals surface area contributed by atoms with Gasteiger partial charge in [0.1, 0.15) is 5.82 Å². The second-order valence-electron chi connectivity index (χ2n) is 3.75. The SMILES string of the molecule is COC(=O)c1cc(NS(=O)(=O)CCC(=O)O)ccc1F. The predicted octanol–water partition coefficient (Wildman–Crippen LogP) is 0.829. The lowest BCUT2D eigenvalue weighted by molar-refractivity contribution is -0.136. The van der Waals surface area contributed by atoms with Gasteiger partial charge in [-0.05, 0) is 18.2 Å². The third-order valence-electron chi connectivity index (χ3n) is 2.23. The number of anilines is 1. The van der Waals surface area contributed by atoms with Crippen LogP contribution in [-0.4, -0.2) is 38.3 Å². The lowest BCUT2D eigenvalue weighted by Crippen LogP contribution is -2.19. The van der Waals surface area contributed by atoms with Crippen molar-refractivity contribution in [1.29, 1.82) is 0 Å². The zero-order valence-electron chi connectivity index (χ0n) is 10.4. The quantitative estimate of drug-likeness (QED) is 0.753. The molecule has 0 aliphatic rings. The van der Waals surface area contributed by atoms with E-state index in [4.69, 9.17) is 5.11 Å². The number of carboxylic acid groups (broad SMARTS) is 1. The fraction of sp³-hybridized carbons (Fsp3) is 0.273. The van der Waals surface area contributed by atoms with Gasteiger partial charge < -0.3 is 9.84 Å². The van der Waals surface area contributed by atoms with Crippen LogP contribution in [0.25, 0.3) is 0 Å². The van der Waals surface area contributed by atoms with Gasteiger partial charge in [0.2, 0.25) is 10.0 Å². The summed E-state index contributed by atoms with van der Waals surface area (Å²) in [6.45, 7) is 0. The molecule has 1 aromatic rings. The van der Waals surface area contributed by atoms with Crippen molar-refractivity contribution >= 4 is 27.6 Å². The maximum Gasteiger partial charge on any atom is 0.340 e. The van der Waals surface area contributed by atoms with Crippen molar-refractivity contribution in [1.82, 2.24) is 0 Å². The molecule has 0 fully saturated rings. The lowest BCUT2D eigenvalue weighted by atomic mass is 10.2. The molecule has 7 nitrogen and oxygen atoms in total. The van der Waals surface area contributed by atoms with E-state index in [9.17, 15) is 22.4 Å². The number of rotatable bonds is 6. The Balaban J connectivity index is 2.93. The minimum absolute atomic E-state index is 0.0582. The second kappa shape index (κ2) is 6.33. The van der Waals surface area contributed by atoms with Crippen molar-refractivity contribution in [2.45, 2.75) is 6.42 Å². The topological polar surface area (TPSA) is 110 Å². The summed E-state index contributed by atoms with van der Waals surface area (Å²) < 4.78 is 42.9. The Bertz CT molecular complexity index is 628. The van der Waals surface area contributed by atoms with Crippen LogP contribution in [0.4, 0.5) is 10.1 Å². The van der Waals surface area contributed by atoms with E-state index in [0.717, 1.165) is 25.3 Å². The monoisotopic (exact) mass is 305 g/mol. The number of hydrogen-bond donors (Lipinski definition) is 2. The van der Waals surface area contributed by atoms with Crippen molar-refractivity contribution in [3.05, 3.63) is 29.6 Å². The maximum absolute atomic E-state index is 13.3. The molecule has 1 rings (SSSR count). The summed E-state index contributed by atoms with van der Waals surface area (Å²) in [5.74, 6) is -3.70. The lowest BCUT2D eigenvalue weighted by Gasteiger charge is -2.08. The molecule has 20 heavy (non-hydrogen) atoms. The first kappa shape index (κ1) is 15.9. The molecule has 0 aromatic heterocycles. The van der Waals surface area contributed by atoms with Crippen LogP contribution in [0.1, 0.15) is 16.8 Å². The Hall–Kier alpha value is -2.16. The van der Waals surface area contributed by atoms with E-state index >= 15 is 0 Å². The summed E-state index contributed by atoms with van der Waals surface area (Å²) in [6, 6.07) is 2.99. The van der Waals surface area contributed by atoms with Gasteiger partial charge in [-0.2, -0.15) is 0 Å². The number of carbonyl (C=O) groups is 2. The van der Waals surface area contributed by atoms with Gasteiger partial charge in [-0.15, -0.1) is 0 Å². The Morgan fingerprint density at radius 3 is 2.60 bits per heavy atom. The summed E-state index contributed by atoms with van der Waals surface area (Å²) in [4.78, 5) is 21.6. The van der Waals surface area contributed by atoms with Gasteiger partial charge in [-0.3, -0.25) is 9.52 Å². The molecule has 0 heterocycles. The van der Waals surface area contributed by atoms with Crippen molar-refractivity contribution in [3.8, 4) is 0 Å². The molecule has 0 atom stereocenters. The number of ether oxygens (including phenoxy) is 1. The van der Waals surface area contributed by atoms with Gasteiger partial charge in [-0.1, -0.05) is 0 Å². The van der Waals surface area contributed by atoms with E-state index in [1.807, 2.05) is 0 Å². The van der Waals surface area contributed by atoms with E-state index in [1.54, 1.807) is 0 Å². The molecule has 0 unspecified atom stereocenters. The fourth-order valence-electron chi connectivity index (χ4n) is 1.31. The van der Waals surface area contributed by atoms with Gasteiger partial charge in [0.05, 0.1) is 24.8 Å². The maximum atomic E-state index is 13.3. The largest absolute Gasteiger partial charge is 0.481 e. The smallest absolute Gasteiger partial charge is 0.340 e. The number of nitrogens with one attached hydrogen (secondary N) is 1. The summed E-state index contributed by atoms with van der Waals surface area (Å²) in [5.41, 5.74) is -0.483. The summed E-state index contributed by atoms with van der Waals surface area (Å²) in [6.07, 6.45) is -0.569. The highest BCUT2D eigenvalue weighted by Gasteiger charge is 2.16. The van der Waals surface area contributed by atoms with E-state index in [2.05, 4.69) is 9.46 Å². The predicted molar refractivity (Wildman–Crippen MR) is 67.4 cm³/mol. The number of methoxy groups -OCH3 is 1. The van der Waals surface area contributed by atoms with Gasteiger partial charge in [-0.25, -0.2) is 17.6 Å². The van der Waals surface area contributed by atoms with Crippen LogP contribution < -0.4 is 4.72 Å². The molecule has 0 aliphatic carbocycles. The first-order chi connectivity index (χ1) is 9.25. The average molecular weight is 305 g/mol. The number of benzene rings is 1. The van der Waals surface area contributed by atoms with Gasteiger partial charge in [0.15, 0.2) is 0 Å². The normalized spacial score (nSPS) is 10.9. The average Bonchev–Trinajstić information content (AvgIpc) is 2.37. The number of halogens is 1. The molecule has 0 saturated carbocycles. The molecule has 2 N–H and O–H groups in total. The first-order valence-electron chi connectivity index (χ1n) is 5.35. The Morgan fingerprint density at radius 2 is 2.05 bits per heavy atom. The highest BCUT2D eigenvalue weighted by Crippen LogP contribution is 2.17. The molecule has 110 valence electrons. The highest BCUT2D eigenvalue weighted by molar-refractivity contribution is 7.92. The number of esters is 1. The Kier molecular flexibility index (Phi) is 5.03.